The topological polar surface area (TPSA) is 55.4 Å². The van der Waals surface area contributed by atoms with Crippen molar-refractivity contribution in [2.24, 2.45) is 0 Å². The minimum atomic E-state index is -1.47. The third-order valence-corrected chi connectivity index (χ3v) is 18.0. The van der Waals surface area contributed by atoms with E-state index in [2.05, 4.69) is 6.92 Å². The van der Waals surface area contributed by atoms with E-state index in [1.807, 2.05) is 0 Å². The largest absolute Gasteiger partial charge is 0.425 e. The van der Waals surface area contributed by atoms with Crippen molar-refractivity contribution in [2.75, 3.05) is 0 Å². The van der Waals surface area contributed by atoms with Gasteiger partial charge in [-0.15, -0.1) is 69.6 Å². The molecule has 0 aromatic carbocycles. The minimum absolute atomic E-state index is 0.437. The van der Waals surface area contributed by atoms with E-state index >= 15 is 0 Å². The molecule has 0 N–H and O–H groups in total. The summed E-state index contributed by atoms with van der Waals surface area (Å²) >= 11 is 35.3. The van der Waals surface area contributed by atoms with E-state index in [-0.39, 0.29) is 0 Å². The van der Waals surface area contributed by atoms with Gasteiger partial charge in [-0.25, -0.2) is 0 Å². The molecule has 18 heteroatoms. The Morgan fingerprint density at radius 2 is 0.889 bits per heavy atom. The molecule has 162 valence electrons. The normalized spacial score (nSPS) is 43.9. The highest BCUT2D eigenvalue weighted by Crippen LogP contribution is 2.39. The highest BCUT2D eigenvalue weighted by molar-refractivity contribution is 6.59. The molecule has 0 atom stereocenters. The lowest BCUT2D eigenvalue weighted by molar-refractivity contribution is 0.334. The quantitative estimate of drug-likeness (QED) is 0.307. The molecule has 0 amide bonds. The molecular weight excluding hydrogens is 585 g/mol. The lowest BCUT2D eigenvalue weighted by atomic mass is 9.97. The highest BCUT2D eigenvalue weighted by atomic mass is 35.5. The fraction of sp³-hybridized carbons (Fsp3) is 1.00. The van der Waals surface area contributed by atoms with Crippen molar-refractivity contribution < 1.29 is 24.7 Å². The summed E-state index contributed by atoms with van der Waals surface area (Å²) in [6.45, 7) is 2.14. The van der Waals surface area contributed by atoms with Crippen molar-refractivity contribution in [3.8, 4) is 0 Å². The first-order valence-electron chi connectivity index (χ1n) is 8.28. The van der Waals surface area contributed by atoms with E-state index in [0.29, 0.717) is 0 Å². The molecule has 1 saturated carbocycles. The van der Waals surface area contributed by atoms with Crippen LogP contribution in [0.25, 0.3) is 0 Å². The molecule has 0 unspecified atom stereocenters. The van der Waals surface area contributed by atoms with E-state index in [1.54, 1.807) is 0 Å². The third kappa shape index (κ3) is 10.8. The van der Waals surface area contributed by atoms with Gasteiger partial charge in [-0.1, -0.05) is 13.3 Å². The molecule has 0 radical (unpaired) electrons. The molecule has 2 rings (SSSR count). The summed E-state index contributed by atoms with van der Waals surface area (Å²) in [6, 6.07) is 1.05. The van der Waals surface area contributed by atoms with Gasteiger partial charge in [-0.3, -0.25) is 0 Å². The SMILES string of the molecule is CCC[SiH]1O[SiH2]O[SiH2]O[SiH2]O[SiH2]O[SiH2]O1.Cl[C@H]1[C@H](Cl)[C@@H](Cl)[C@@H](Cl)[C@H](Cl)[C@H]1Cl. The molecule has 1 saturated heterocycles. The first kappa shape index (κ1) is 27.8. The fourth-order valence-corrected chi connectivity index (χ4v) is 16.8. The van der Waals surface area contributed by atoms with E-state index in [9.17, 15) is 0 Å². The predicted molar refractivity (Wildman–Crippen MR) is 129 cm³/mol. The van der Waals surface area contributed by atoms with Gasteiger partial charge in [-0.05, 0) is 6.04 Å². The monoisotopic (exact) mass is 606 g/mol. The van der Waals surface area contributed by atoms with Gasteiger partial charge in [-0.2, -0.15) is 0 Å². The average Bonchev–Trinajstić information content (AvgIpc) is 2.66. The van der Waals surface area contributed by atoms with Gasteiger partial charge in [0.05, 0.1) is 32.3 Å². The Balaban J connectivity index is 0.000000277. The van der Waals surface area contributed by atoms with Crippen molar-refractivity contribution in [3.63, 3.8) is 0 Å². The maximum Gasteiger partial charge on any atom is 0.303 e. The number of alkyl halides is 6. The van der Waals surface area contributed by atoms with Crippen molar-refractivity contribution in [2.45, 2.75) is 51.7 Å². The average molecular weight is 610 g/mol. The summed E-state index contributed by atoms with van der Waals surface area (Å²) in [5.74, 6) is 0. The van der Waals surface area contributed by atoms with Gasteiger partial charge in [0, 0.05) is 0 Å². The van der Waals surface area contributed by atoms with Crippen LogP contribution in [0.3, 0.4) is 0 Å². The summed E-state index contributed by atoms with van der Waals surface area (Å²) < 4.78 is 32.9. The van der Waals surface area contributed by atoms with Crippen molar-refractivity contribution in [3.05, 3.63) is 0 Å². The van der Waals surface area contributed by atoms with Crippen LogP contribution >= 0.6 is 69.6 Å². The Kier molecular flexibility index (Phi) is 16.9. The van der Waals surface area contributed by atoms with Gasteiger partial charge in [0.25, 0.3) is 50.0 Å². The highest BCUT2D eigenvalue weighted by Gasteiger charge is 2.46. The van der Waals surface area contributed by atoms with Crippen LogP contribution in [0, 0.1) is 0 Å². The van der Waals surface area contributed by atoms with Crippen molar-refractivity contribution >= 4 is 129 Å². The standard InChI is InChI=1S/C6H6Cl6.C3H18O6Si6/c7-1-2(8)4(10)6(12)5(11)3(1)9;1-2-3-15-8-13-6-11-4-10-5-12-7-14-9-15/h1-6H;15H,2-3,10-14H2,1H3/t1-,2-,3-,4+,5+,6+;. The number of hydrogen-bond donors (Lipinski definition) is 0. The zero-order valence-corrected chi connectivity index (χ0v) is 27.5. The van der Waals surface area contributed by atoms with Crippen LogP contribution in [0.2, 0.25) is 6.04 Å². The Morgan fingerprint density at radius 3 is 1.19 bits per heavy atom. The third-order valence-electron chi connectivity index (χ3n) is 3.52. The number of halogens is 6. The fourth-order valence-electron chi connectivity index (χ4n) is 2.07. The minimum Gasteiger partial charge on any atom is -0.425 e. The molecule has 6 nitrogen and oxygen atoms in total. The lowest BCUT2D eigenvalue weighted by Crippen LogP contribution is -2.52. The second-order valence-corrected chi connectivity index (χ2v) is 20.5. The summed E-state index contributed by atoms with van der Waals surface area (Å²) in [4.78, 5) is 0. The first-order valence-corrected chi connectivity index (χ1v) is 18.4. The van der Waals surface area contributed by atoms with Crippen LogP contribution < -0.4 is 0 Å². The maximum absolute atomic E-state index is 5.88. The Bertz CT molecular complexity index is 329. The van der Waals surface area contributed by atoms with Gasteiger partial charge in [0.15, 0.2) is 0 Å². The first-order chi connectivity index (χ1) is 12.9. The number of rotatable bonds is 2. The summed E-state index contributed by atoms with van der Waals surface area (Å²) in [6.07, 6.45) is 1.11. The van der Waals surface area contributed by atoms with E-state index in [0.717, 1.165) is 12.5 Å². The maximum atomic E-state index is 5.88. The number of hydrogen-bond acceptors (Lipinski definition) is 6. The molecule has 1 aliphatic carbocycles. The Labute approximate surface area is 203 Å². The van der Waals surface area contributed by atoms with E-state index in [4.69, 9.17) is 94.3 Å². The molecule has 2 fully saturated rings. The van der Waals surface area contributed by atoms with Crippen LogP contribution in [0.5, 0.6) is 0 Å². The molecule has 0 bridgehead atoms. The van der Waals surface area contributed by atoms with Gasteiger partial charge < -0.3 is 24.7 Å². The zero-order chi connectivity index (χ0) is 20.2. The molecule has 2 aliphatic rings. The predicted octanol–water partition coefficient (Wildman–Crippen LogP) is -0.632. The van der Waals surface area contributed by atoms with Crippen molar-refractivity contribution in [1.82, 2.24) is 0 Å². The van der Waals surface area contributed by atoms with Crippen LogP contribution in [-0.2, 0) is 24.7 Å². The Morgan fingerprint density at radius 1 is 0.593 bits per heavy atom. The van der Waals surface area contributed by atoms with Gasteiger partial charge in [0.2, 0.25) is 0 Å². The van der Waals surface area contributed by atoms with Crippen molar-refractivity contribution in [1.29, 1.82) is 0 Å². The van der Waals surface area contributed by atoms with Crippen LogP contribution in [0.15, 0.2) is 0 Å². The molecule has 1 heterocycles. The summed E-state index contributed by atoms with van der Waals surface area (Å²) in [7, 11) is -5.67. The molecule has 27 heavy (non-hydrogen) atoms. The molecule has 0 spiro atoms. The molecule has 1 aliphatic heterocycles. The van der Waals surface area contributed by atoms with Gasteiger partial charge >= 0.3 is 9.28 Å². The molecular formula is C9H24Cl6O6Si6. The van der Waals surface area contributed by atoms with Crippen LogP contribution in [-0.4, -0.2) is 91.6 Å². The Hall–Kier alpha value is 2.80. The second-order valence-electron chi connectivity index (χ2n) is 5.62. The smallest absolute Gasteiger partial charge is 0.303 e. The summed E-state index contributed by atoms with van der Waals surface area (Å²) in [5, 5.41) is -2.62. The molecule has 0 aromatic heterocycles. The lowest BCUT2D eigenvalue weighted by Gasteiger charge is -2.37. The molecule has 0 aromatic rings. The summed E-state index contributed by atoms with van der Waals surface area (Å²) in [5.41, 5.74) is 0. The van der Waals surface area contributed by atoms with Crippen LogP contribution in [0.4, 0.5) is 0 Å². The second kappa shape index (κ2) is 16.4. The van der Waals surface area contributed by atoms with E-state index < -0.39 is 91.6 Å². The van der Waals surface area contributed by atoms with E-state index in [1.165, 1.54) is 0 Å². The van der Waals surface area contributed by atoms with Gasteiger partial charge in [0.1, 0.15) is 0 Å². The zero-order valence-electron chi connectivity index (χ0n) is 14.7. The van der Waals surface area contributed by atoms with Crippen LogP contribution in [0.1, 0.15) is 13.3 Å².